The standard InChI is InChI=1S/C28H56N2/c1-4-7-10-13-16-26(17-14-11-8-5-2)23-30-24-28(25-30)21-27(22-28)18-20-29-19-15-12-9-6-3/h26-27,29H,4-25H2,1-3H3. The molecule has 0 aromatic carbocycles. The van der Waals surface area contributed by atoms with Crippen LogP contribution in [-0.2, 0) is 0 Å². The minimum absolute atomic E-state index is 0.751. The van der Waals surface area contributed by atoms with Gasteiger partial charge in [-0.1, -0.05) is 91.4 Å². The van der Waals surface area contributed by atoms with Gasteiger partial charge in [-0.05, 0) is 68.9 Å². The van der Waals surface area contributed by atoms with Crippen LogP contribution in [0, 0.1) is 17.3 Å². The lowest BCUT2D eigenvalue weighted by Gasteiger charge is -2.60. The molecule has 2 fully saturated rings. The van der Waals surface area contributed by atoms with Crippen molar-refractivity contribution < 1.29 is 0 Å². The molecule has 1 spiro atoms. The van der Waals surface area contributed by atoms with Crippen molar-refractivity contribution in [2.75, 3.05) is 32.7 Å². The SMILES string of the molecule is CCCCCCNCCC1CC2(C1)CN(CC(CCCCCC)CCCCCC)C2. The molecule has 0 radical (unpaired) electrons. The molecule has 0 amide bonds. The second-order valence-corrected chi connectivity index (χ2v) is 11.1. The molecular formula is C28H56N2. The van der Waals surface area contributed by atoms with Gasteiger partial charge in [0.1, 0.15) is 0 Å². The van der Waals surface area contributed by atoms with Crippen LogP contribution >= 0.6 is 0 Å². The smallest absolute Gasteiger partial charge is 0.00508 e. The summed E-state index contributed by atoms with van der Waals surface area (Å²) in [5.74, 6) is 2.00. The number of hydrogen-bond donors (Lipinski definition) is 1. The first-order valence-corrected chi connectivity index (χ1v) is 14.1. The predicted molar refractivity (Wildman–Crippen MR) is 134 cm³/mol. The maximum Gasteiger partial charge on any atom is 0.00508 e. The van der Waals surface area contributed by atoms with E-state index in [1.165, 1.54) is 142 Å². The van der Waals surface area contributed by atoms with Crippen molar-refractivity contribution >= 4 is 0 Å². The number of hydrogen-bond acceptors (Lipinski definition) is 2. The van der Waals surface area contributed by atoms with E-state index in [1.807, 2.05) is 0 Å². The van der Waals surface area contributed by atoms with Gasteiger partial charge in [0.05, 0.1) is 0 Å². The van der Waals surface area contributed by atoms with E-state index in [-0.39, 0.29) is 0 Å². The van der Waals surface area contributed by atoms with E-state index < -0.39 is 0 Å². The summed E-state index contributed by atoms with van der Waals surface area (Å²) in [4.78, 5) is 2.83. The molecule has 2 aliphatic rings. The van der Waals surface area contributed by atoms with Gasteiger partial charge >= 0.3 is 0 Å². The Labute approximate surface area is 190 Å². The lowest BCUT2D eigenvalue weighted by atomic mass is 9.57. The Morgan fingerprint density at radius 3 is 1.87 bits per heavy atom. The molecule has 30 heavy (non-hydrogen) atoms. The van der Waals surface area contributed by atoms with Crippen molar-refractivity contribution in [3.8, 4) is 0 Å². The molecule has 2 heteroatoms. The second kappa shape index (κ2) is 15.7. The first-order chi connectivity index (χ1) is 14.7. The van der Waals surface area contributed by atoms with E-state index in [4.69, 9.17) is 0 Å². The van der Waals surface area contributed by atoms with Crippen molar-refractivity contribution in [1.82, 2.24) is 10.2 Å². The summed E-state index contributed by atoms with van der Waals surface area (Å²) < 4.78 is 0. The van der Waals surface area contributed by atoms with Gasteiger partial charge in [0.15, 0.2) is 0 Å². The molecule has 0 aromatic rings. The maximum atomic E-state index is 3.69. The Hall–Kier alpha value is -0.0800. The molecule has 1 N–H and O–H groups in total. The summed E-state index contributed by atoms with van der Waals surface area (Å²) in [5.41, 5.74) is 0.751. The van der Waals surface area contributed by atoms with Crippen LogP contribution in [-0.4, -0.2) is 37.6 Å². The number of rotatable bonds is 20. The Kier molecular flexibility index (Phi) is 13.7. The molecule has 1 heterocycles. The highest BCUT2D eigenvalue weighted by atomic mass is 15.2. The Bertz CT molecular complexity index is 381. The van der Waals surface area contributed by atoms with Gasteiger partial charge in [-0.2, -0.15) is 0 Å². The summed E-state index contributed by atoms with van der Waals surface area (Å²) in [7, 11) is 0. The topological polar surface area (TPSA) is 15.3 Å². The van der Waals surface area contributed by atoms with E-state index in [2.05, 4.69) is 31.0 Å². The lowest BCUT2D eigenvalue weighted by molar-refractivity contribution is -0.101. The minimum Gasteiger partial charge on any atom is -0.317 e. The fourth-order valence-corrected chi connectivity index (χ4v) is 6.18. The maximum absolute atomic E-state index is 3.69. The summed E-state index contributed by atoms with van der Waals surface area (Å²) in [6.07, 6.45) is 24.4. The zero-order valence-electron chi connectivity index (χ0n) is 21.2. The molecule has 0 atom stereocenters. The van der Waals surface area contributed by atoms with Crippen LogP contribution in [0.15, 0.2) is 0 Å². The summed E-state index contributed by atoms with van der Waals surface area (Å²) in [5, 5.41) is 3.69. The normalized spacial score (nSPS) is 18.8. The molecule has 1 aliphatic heterocycles. The Morgan fingerprint density at radius 1 is 0.733 bits per heavy atom. The van der Waals surface area contributed by atoms with Gasteiger partial charge < -0.3 is 10.2 Å². The molecule has 2 rings (SSSR count). The van der Waals surface area contributed by atoms with Crippen LogP contribution in [0.4, 0.5) is 0 Å². The van der Waals surface area contributed by atoms with Crippen molar-refractivity contribution in [2.45, 2.75) is 130 Å². The predicted octanol–water partition coefficient (Wildman–Crippen LogP) is 7.82. The van der Waals surface area contributed by atoms with Gasteiger partial charge in [0.2, 0.25) is 0 Å². The molecular weight excluding hydrogens is 364 g/mol. The zero-order chi connectivity index (χ0) is 21.5. The van der Waals surface area contributed by atoms with E-state index >= 15 is 0 Å². The third-order valence-corrected chi connectivity index (χ3v) is 7.95. The van der Waals surface area contributed by atoms with Gasteiger partial charge in [-0.15, -0.1) is 0 Å². The van der Waals surface area contributed by atoms with Crippen LogP contribution in [0.2, 0.25) is 0 Å². The van der Waals surface area contributed by atoms with Crippen molar-refractivity contribution in [1.29, 1.82) is 0 Å². The highest BCUT2D eigenvalue weighted by Gasteiger charge is 2.51. The second-order valence-electron chi connectivity index (χ2n) is 11.1. The molecule has 0 aromatic heterocycles. The van der Waals surface area contributed by atoms with Gasteiger partial charge in [0.25, 0.3) is 0 Å². The minimum atomic E-state index is 0.751. The Balaban J connectivity index is 1.53. The van der Waals surface area contributed by atoms with Crippen LogP contribution in [0.5, 0.6) is 0 Å². The van der Waals surface area contributed by atoms with Crippen LogP contribution in [0.3, 0.4) is 0 Å². The van der Waals surface area contributed by atoms with Crippen molar-refractivity contribution in [3.05, 3.63) is 0 Å². The highest BCUT2D eigenvalue weighted by Crippen LogP contribution is 2.53. The fraction of sp³-hybridized carbons (Fsp3) is 1.00. The largest absolute Gasteiger partial charge is 0.317 e. The molecule has 1 saturated heterocycles. The first kappa shape index (κ1) is 26.2. The third-order valence-electron chi connectivity index (χ3n) is 7.95. The van der Waals surface area contributed by atoms with Gasteiger partial charge in [0, 0.05) is 19.6 Å². The van der Waals surface area contributed by atoms with E-state index in [0.717, 1.165) is 17.3 Å². The van der Waals surface area contributed by atoms with E-state index in [1.54, 1.807) is 0 Å². The average molecular weight is 421 g/mol. The third kappa shape index (κ3) is 10.0. The monoisotopic (exact) mass is 420 g/mol. The molecule has 178 valence electrons. The zero-order valence-corrected chi connectivity index (χ0v) is 21.2. The molecule has 0 unspecified atom stereocenters. The quantitative estimate of drug-likeness (QED) is 0.202. The van der Waals surface area contributed by atoms with Crippen molar-refractivity contribution in [2.24, 2.45) is 17.3 Å². The number of unbranched alkanes of at least 4 members (excludes halogenated alkanes) is 9. The first-order valence-electron chi connectivity index (χ1n) is 14.1. The number of nitrogens with one attached hydrogen (secondary N) is 1. The lowest BCUT2D eigenvalue weighted by Crippen LogP contribution is -2.63. The number of likely N-dealkylation sites (tertiary alicyclic amines) is 1. The van der Waals surface area contributed by atoms with Crippen LogP contribution in [0.25, 0.3) is 0 Å². The number of nitrogens with zero attached hydrogens (tertiary/aromatic N) is 1. The molecule has 0 bridgehead atoms. The molecule has 2 nitrogen and oxygen atoms in total. The highest BCUT2D eigenvalue weighted by molar-refractivity contribution is 5.04. The average Bonchev–Trinajstić information content (AvgIpc) is 2.69. The van der Waals surface area contributed by atoms with Gasteiger partial charge in [-0.25, -0.2) is 0 Å². The van der Waals surface area contributed by atoms with Crippen molar-refractivity contribution in [3.63, 3.8) is 0 Å². The Morgan fingerprint density at radius 2 is 1.30 bits per heavy atom. The van der Waals surface area contributed by atoms with E-state index in [9.17, 15) is 0 Å². The summed E-state index contributed by atoms with van der Waals surface area (Å²) in [6, 6.07) is 0. The van der Waals surface area contributed by atoms with Crippen LogP contribution in [0.1, 0.15) is 130 Å². The summed E-state index contributed by atoms with van der Waals surface area (Å²) >= 11 is 0. The molecule has 1 saturated carbocycles. The van der Waals surface area contributed by atoms with Gasteiger partial charge in [-0.3, -0.25) is 0 Å². The summed E-state index contributed by atoms with van der Waals surface area (Å²) in [6.45, 7) is 13.7. The fourth-order valence-electron chi connectivity index (χ4n) is 6.18. The molecule has 1 aliphatic carbocycles. The van der Waals surface area contributed by atoms with E-state index in [0.29, 0.717) is 0 Å². The van der Waals surface area contributed by atoms with Crippen LogP contribution < -0.4 is 5.32 Å².